The Morgan fingerprint density at radius 2 is 1.94 bits per heavy atom. The third-order valence-corrected chi connectivity index (χ3v) is 3.84. The van der Waals surface area contributed by atoms with E-state index in [1.165, 1.54) is 32.1 Å². The van der Waals surface area contributed by atoms with Gasteiger partial charge in [-0.3, -0.25) is 0 Å². The summed E-state index contributed by atoms with van der Waals surface area (Å²) in [5.41, 5.74) is 0. The second-order valence-corrected chi connectivity index (χ2v) is 5.30. The molecule has 16 heavy (non-hydrogen) atoms. The molecule has 1 aliphatic rings. The molecule has 1 rings (SSSR count). The van der Waals surface area contributed by atoms with E-state index in [1.807, 2.05) is 0 Å². The summed E-state index contributed by atoms with van der Waals surface area (Å²) in [6, 6.07) is 0.725. The summed E-state index contributed by atoms with van der Waals surface area (Å²) in [6.07, 6.45) is 6.52. The maximum Gasteiger partial charge on any atom is 0.0468 e. The Bertz CT molecular complexity index is 166. The fourth-order valence-corrected chi connectivity index (χ4v) is 2.59. The van der Waals surface area contributed by atoms with E-state index in [9.17, 15) is 0 Å². The molecule has 1 saturated heterocycles. The zero-order valence-corrected chi connectivity index (χ0v) is 11.3. The van der Waals surface area contributed by atoms with Crippen molar-refractivity contribution in [1.82, 2.24) is 5.32 Å². The van der Waals surface area contributed by atoms with E-state index in [0.29, 0.717) is 0 Å². The Morgan fingerprint density at radius 1 is 1.25 bits per heavy atom. The van der Waals surface area contributed by atoms with Crippen LogP contribution >= 0.6 is 0 Å². The Balaban J connectivity index is 2.30. The predicted octanol–water partition coefficient (Wildman–Crippen LogP) is 3.22. The number of hydrogen-bond donors (Lipinski definition) is 1. The topological polar surface area (TPSA) is 21.3 Å². The summed E-state index contributed by atoms with van der Waals surface area (Å²) in [7, 11) is 0. The van der Waals surface area contributed by atoms with E-state index >= 15 is 0 Å². The number of rotatable bonds is 7. The molecule has 0 bridgehead atoms. The van der Waals surface area contributed by atoms with E-state index in [-0.39, 0.29) is 0 Å². The maximum atomic E-state index is 5.42. The molecule has 96 valence electrons. The van der Waals surface area contributed by atoms with Crippen molar-refractivity contribution in [2.45, 2.75) is 58.9 Å². The molecule has 1 heterocycles. The highest BCUT2D eigenvalue weighted by molar-refractivity contribution is 4.75. The van der Waals surface area contributed by atoms with Gasteiger partial charge in [0, 0.05) is 19.3 Å². The van der Waals surface area contributed by atoms with Gasteiger partial charge in [0.1, 0.15) is 0 Å². The van der Waals surface area contributed by atoms with Crippen LogP contribution in [0.15, 0.2) is 0 Å². The Morgan fingerprint density at radius 3 is 2.50 bits per heavy atom. The largest absolute Gasteiger partial charge is 0.381 e. The lowest BCUT2D eigenvalue weighted by atomic mass is 9.88. The van der Waals surface area contributed by atoms with Crippen molar-refractivity contribution in [3.8, 4) is 0 Å². The molecule has 0 aromatic carbocycles. The van der Waals surface area contributed by atoms with Crippen LogP contribution in [0.3, 0.4) is 0 Å². The van der Waals surface area contributed by atoms with Gasteiger partial charge in [0.15, 0.2) is 0 Å². The van der Waals surface area contributed by atoms with Gasteiger partial charge in [-0.15, -0.1) is 0 Å². The van der Waals surface area contributed by atoms with E-state index in [0.717, 1.165) is 37.6 Å². The van der Waals surface area contributed by atoms with Crippen LogP contribution in [0, 0.1) is 11.8 Å². The summed E-state index contributed by atoms with van der Waals surface area (Å²) in [6.45, 7) is 9.94. The van der Waals surface area contributed by atoms with E-state index in [1.54, 1.807) is 0 Å². The molecule has 0 aromatic heterocycles. The van der Waals surface area contributed by atoms with Crippen LogP contribution in [0.4, 0.5) is 0 Å². The van der Waals surface area contributed by atoms with Gasteiger partial charge >= 0.3 is 0 Å². The standard InChI is InChI=1S/C14H29NO/c1-4-12(3)10-14(15-5-2)11-13-6-8-16-9-7-13/h12-15H,4-11H2,1-3H3. The fraction of sp³-hybridized carbons (Fsp3) is 1.00. The average Bonchev–Trinajstić information content (AvgIpc) is 2.30. The third kappa shape index (κ3) is 5.31. The highest BCUT2D eigenvalue weighted by Crippen LogP contribution is 2.23. The molecule has 2 unspecified atom stereocenters. The Kier molecular flexibility index (Phi) is 7.06. The Labute approximate surface area is 101 Å². The van der Waals surface area contributed by atoms with Gasteiger partial charge in [0.25, 0.3) is 0 Å². The van der Waals surface area contributed by atoms with Gasteiger partial charge in [-0.25, -0.2) is 0 Å². The smallest absolute Gasteiger partial charge is 0.0468 e. The summed E-state index contributed by atoms with van der Waals surface area (Å²) in [5.74, 6) is 1.74. The van der Waals surface area contributed by atoms with Crippen molar-refractivity contribution in [2.24, 2.45) is 11.8 Å². The molecule has 0 amide bonds. The molecular weight excluding hydrogens is 198 g/mol. The number of hydrogen-bond acceptors (Lipinski definition) is 2. The molecule has 2 nitrogen and oxygen atoms in total. The zero-order valence-electron chi connectivity index (χ0n) is 11.3. The zero-order chi connectivity index (χ0) is 11.8. The van der Waals surface area contributed by atoms with Crippen molar-refractivity contribution in [1.29, 1.82) is 0 Å². The first-order valence-corrected chi connectivity index (χ1v) is 7.07. The van der Waals surface area contributed by atoms with E-state index < -0.39 is 0 Å². The highest BCUT2D eigenvalue weighted by atomic mass is 16.5. The molecule has 1 aliphatic heterocycles. The van der Waals surface area contributed by atoms with Gasteiger partial charge in [-0.2, -0.15) is 0 Å². The molecule has 1 fully saturated rings. The second kappa shape index (κ2) is 8.08. The van der Waals surface area contributed by atoms with Crippen molar-refractivity contribution in [3.63, 3.8) is 0 Å². The normalized spacial score (nSPS) is 21.9. The number of nitrogens with one attached hydrogen (secondary N) is 1. The SMILES string of the molecule is CCNC(CC(C)CC)CC1CCOCC1. The maximum absolute atomic E-state index is 5.42. The second-order valence-electron chi connectivity index (χ2n) is 5.30. The van der Waals surface area contributed by atoms with E-state index in [2.05, 4.69) is 26.1 Å². The molecule has 0 aromatic rings. The van der Waals surface area contributed by atoms with Crippen LogP contribution in [0.2, 0.25) is 0 Å². The summed E-state index contributed by atoms with van der Waals surface area (Å²) in [5, 5.41) is 3.65. The highest BCUT2D eigenvalue weighted by Gasteiger charge is 2.19. The number of ether oxygens (including phenoxy) is 1. The lowest BCUT2D eigenvalue weighted by Gasteiger charge is -2.28. The molecule has 0 aliphatic carbocycles. The van der Waals surface area contributed by atoms with Crippen LogP contribution < -0.4 is 5.32 Å². The van der Waals surface area contributed by atoms with Crippen molar-refractivity contribution < 1.29 is 4.74 Å². The van der Waals surface area contributed by atoms with Crippen LogP contribution in [-0.2, 0) is 4.74 Å². The van der Waals surface area contributed by atoms with Gasteiger partial charge < -0.3 is 10.1 Å². The van der Waals surface area contributed by atoms with Gasteiger partial charge in [-0.05, 0) is 44.1 Å². The minimum Gasteiger partial charge on any atom is -0.381 e. The lowest BCUT2D eigenvalue weighted by molar-refractivity contribution is 0.0597. The summed E-state index contributed by atoms with van der Waals surface area (Å²) < 4.78 is 5.42. The molecule has 2 heteroatoms. The van der Waals surface area contributed by atoms with E-state index in [4.69, 9.17) is 4.74 Å². The van der Waals surface area contributed by atoms with Crippen molar-refractivity contribution >= 4 is 0 Å². The first kappa shape index (κ1) is 14.0. The predicted molar refractivity (Wildman–Crippen MR) is 69.7 cm³/mol. The minimum atomic E-state index is 0.725. The summed E-state index contributed by atoms with van der Waals surface area (Å²) in [4.78, 5) is 0. The molecule has 0 radical (unpaired) electrons. The van der Waals surface area contributed by atoms with Crippen molar-refractivity contribution in [3.05, 3.63) is 0 Å². The van der Waals surface area contributed by atoms with Crippen LogP contribution in [0.25, 0.3) is 0 Å². The van der Waals surface area contributed by atoms with Gasteiger partial charge in [0.05, 0.1) is 0 Å². The Hall–Kier alpha value is -0.0800. The third-order valence-electron chi connectivity index (χ3n) is 3.84. The molecule has 2 atom stereocenters. The molecular formula is C14H29NO. The fourth-order valence-electron chi connectivity index (χ4n) is 2.59. The average molecular weight is 227 g/mol. The first-order chi connectivity index (χ1) is 7.76. The molecule has 0 spiro atoms. The molecule has 1 N–H and O–H groups in total. The first-order valence-electron chi connectivity index (χ1n) is 7.07. The summed E-state index contributed by atoms with van der Waals surface area (Å²) >= 11 is 0. The quantitative estimate of drug-likeness (QED) is 0.721. The monoisotopic (exact) mass is 227 g/mol. The van der Waals surface area contributed by atoms with Crippen LogP contribution in [0.5, 0.6) is 0 Å². The molecule has 0 saturated carbocycles. The minimum absolute atomic E-state index is 0.725. The lowest BCUT2D eigenvalue weighted by Crippen LogP contribution is -2.34. The van der Waals surface area contributed by atoms with Gasteiger partial charge in [0.2, 0.25) is 0 Å². The van der Waals surface area contributed by atoms with Crippen LogP contribution in [-0.4, -0.2) is 25.8 Å². The van der Waals surface area contributed by atoms with Crippen LogP contribution in [0.1, 0.15) is 52.9 Å². The van der Waals surface area contributed by atoms with Crippen molar-refractivity contribution in [2.75, 3.05) is 19.8 Å². The van der Waals surface area contributed by atoms with Gasteiger partial charge in [-0.1, -0.05) is 27.2 Å².